The Kier molecular flexibility index (Phi) is 12.5. The molecule has 2 nitrogen and oxygen atoms in total. The first-order valence-corrected chi connectivity index (χ1v) is 13.1. The zero-order valence-corrected chi connectivity index (χ0v) is 20.5. The molecular weight excluding hydrogens is 384 g/mol. The highest BCUT2D eigenvalue weighted by molar-refractivity contribution is 6.97. The summed E-state index contributed by atoms with van der Waals surface area (Å²) in [5.41, 5.74) is 1.27. The minimum absolute atomic E-state index is 0.739. The summed E-state index contributed by atoms with van der Waals surface area (Å²) in [6.45, 7) is 11.0. The molecule has 3 aromatic carbocycles. The van der Waals surface area contributed by atoms with Crippen LogP contribution in [0.25, 0.3) is 0 Å². The second kappa shape index (κ2) is 14.6. The Labute approximate surface area is 185 Å². The molecule has 0 spiro atoms. The predicted molar refractivity (Wildman–Crippen MR) is 134 cm³/mol. The zero-order valence-electron chi connectivity index (χ0n) is 19.5. The second-order valence-corrected chi connectivity index (χ2v) is 10.5. The average Bonchev–Trinajstić information content (AvgIpc) is 2.82. The minimum atomic E-state index is -2.02. The second-order valence-electron chi connectivity index (χ2n) is 6.76. The topological polar surface area (TPSA) is 18.5 Å². The van der Waals surface area contributed by atoms with E-state index >= 15 is 0 Å². The van der Waals surface area contributed by atoms with Crippen molar-refractivity contribution in [2.24, 2.45) is 0 Å². The molecule has 0 unspecified atom stereocenters. The van der Waals surface area contributed by atoms with Crippen LogP contribution in [0.15, 0.2) is 84.9 Å². The van der Waals surface area contributed by atoms with Gasteiger partial charge in [0.05, 0.1) is 6.61 Å². The molecule has 0 atom stereocenters. The van der Waals surface area contributed by atoms with Crippen molar-refractivity contribution in [3.8, 4) is 5.75 Å². The Morgan fingerprint density at radius 2 is 1.17 bits per heavy atom. The number of ether oxygens (including phenoxy) is 1. The highest BCUT2D eigenvalue weighted by atomic mass is 28.4. The van der Waals surface area contributed by atoms with Gasteiger partial charge in [-0.05, 0) is 42.4 Å². The summed E-state index contributed by atoms with van der Waals surface area (Å²) in [4.78, 5) is 0. The van der Waals surface area contributed by atoms with Gasteiger partial charge in [0.25, 0.3) is 8.32 Å². The van der Waals surface area contributed by atoms with Crippen LogP contribution < -0.4 is 15.1 Å². The molecule has 30 heavy (non-hydrogen) atoms. The van der Waals surface area contributed by atoms with Crippen molar-refractivity contribution >= 4 is 18.7 Å². The van der Waals surface area contributed by atoms with Crippen molar-refractivity contribution in [1.82, 2.24) is 0 Å². The number of hydrogen-bond donors (Lipinski definition) is 0. The van der Waals surface area contributed by atoms with Crippen molar-refractivity contribution in [3.05, 3.63) is 90.5 Å². The Bertz CT molecular complexity index is 747. The lowest BCUT2D eigenvalue weighted by molar-refractivity contribution is 0.340. The van der Waals surface area contributed by atoms with E-state index in [4.69, 9.17) is 9.16 Å². The average molecular weight is 423 g/mol. The van der Waals surface area contributed by atoms with E-state index in [0.717, 1.165) is 24.8 Å². The molecule has 3 heteroatoms. The standard InChI is InChI=1S/C16H20OSi.C9H12O.C2H6/c1-3-14-18(17-2,15-10-6-4-7-11-15)16-12-8-5-9-13-16;1-3-10-9-6-4-8(2)5-7-9;1-2/h4-13H,3,14H2,1-2H3;4-7H,3H2,1-2H3;1-2H3. The van der Waals surface area contributed by atoms with Crippen molar-refractivity contribution < 1.29 is 9.16 Å². The van der Waals surface area contributed by atoms with Gasteiger partial charge in [0.2, 0.25) is 0 Å². The third-order valence-electron chi connectivity index (χ3n) is 4.76. The third-order valence-corrected chi connectivity index (χ3v) is 9.20. The van der Waals surface area contributed by atoms with Crippen molar-refractivity contribution in [3.63, 3.8) is 0 Å². The molecule has 0 heterocycles. The molecule has 0 aliphatic carbocycles. The van der Waals surface area contributed by atoms with E-state index in [1.807, 2.05) is 52.1 Å². The summed E-state index contributed by atoms with van der Waals surface area (Å²) in [5, 5.41) is 2.72. The van der Waals surface area contributed by atoms with E-state index in [2.05, 4.69) is 74.5 Å². The van der Waals surface area contributed by atoms with Gasteiger partial charge in [0, 0.05) is 7.11 Å². The van der Waals surface area contributed by atoms with Crippen LogP contribution in [-0.2, 0) is 4.43 Å². The van der Waals surface area contributed by atoms with Crippen molar-refractivity contribution in [1.29, 1.82) is 0 Å². The predicted octanol–water partition coefficient (Wildman–Crippen LogP) is 6.22. The van der Waals surface area contributed by atoms with Gasteiger partial charge < -0.3 is 9.16 Å². The highest BCUT2D eigenvalue weighted by Crippen LogP contribution is 2.14. The molecule has 0 aliphatic rings. The molecule has 0 aliphatic heterocycles. The summed E-state index contributed by atoms with van der Waals surface area (Å²) in [6.07, 6.45) is 1.14. The summed E-state index contributed by atoms with van der Waals surface area (Å²) in [5.74, 6) is 0.952. The Hall–Kier alpha value is -2.36. The normalized spacial score (nSPS) is 10.2. The lowest BCUT2D eigenvalue weighted by Gasteiger charge is -2.30. The lowest BCUT2D eigenvalue weighted by atomic mass is 10.2. The van der Waals surface area contributed by atoms with Gasteiger partial charge in [-0.2, -0.15) is 0 Å². The fraction of sp³-hybridized carbons (Fsp3) is 0.333. The van der Waals surface area contributed by atoms with Crippen LogP contribution >= 0.6 is 0 Å². The first-order chi connectivity index (χ1) is 14.7. The number of rotatable bonds is 7. The first-order valence-electron chi connectivity index (χ1n) is 11.0. The fourth-order valence-electron chi connectivity index (χ4n) is 3.36. The van der Waals surface area contributed by atoms with Gasteiger partial charge in [-0.1, -0.05) is 106 Å². The number of aryl methyl sites for hydroxylation is 1. The van der Waals surface area contributed by atoms with Crippen LogP contribution in [0.4, 0.5) is 0 Å². The minimum Gasteiger partial charge on any atom is -0.494 e. The van der Waals surface area contributed by atoms with Gasteiger partial charge in [-0.3, -0.25) is 0 Å². The molecule has 0 bridgehead atoms. The number of hydrogen-bond acceptors (Lipinski definition) is 2. The van der Waals surface area contributed by atoms with Crippen LogP contribution in [0.3, 0.4) is 0 Å². The Balaban J connectivity index is 0.000000318. The molecule has 3 aromatic rings. The maximum absolute atomic E-state index is 6.09. The monoisotopic (exact) mass is 422 g/mol. The summed E-state index contributed by atoms with van der Waals surface area (Å²) < 4.78 is 11.4. The van der Waals surface area contributed by atoms with Gasteiger partial charge in [0.15, 0.2) is 0 Å². The molecule has 0 N–H and O–H groups in total. The fourth-order valence-corrected chi connectivity index (χ4v) is 7.11. The molecule has 0 saturated carbocycles. The van der Waals surface area contributed by atoms with E-state index in [0.29, 0.717) is 0 Å². The smallest absolute Gasteiger partial charge is 0.255 e. The van der Waals surface area contributed by atoms with E-state index in [1.54, 1.807) is 0 Å². The van der Waals surface area contributed by atoms with Gasteiger partial charge in [-0.15, -0.1) is 0 Å². The third kappa shape index (κ3) is 7.47. The Morgan fingerprint density at radius 3 is 1.53 bits per heavy atom. The molecule has 3 rings (SSSR count). The van der Waals surface area contributed by atoms with E-state index < -0.39 is 8.32 Å². The summed E-state index contributed by atoms with van der Waals surface area (Å²) in [6, 6.07) is 30.6. The number of benzene rings is 3. The maximum atomic E-state index is 6.09. The molecule has 0 aromatic heterocycles. The molecule has 0 radical (unpaired) electrons. The summed E-state index contributed by atoms with van der Waals surface area (Å²) >= 11 is 0. The molecular formula is C27H38O2Si. The van der Waals surface area contributed by atoms with Crippen LogP contribution in [0.1, 0.15) is 39.7 Å². The molecule has 0 saturated heterocycles. The lowest BCUT2D eigenvalue weighted by Crippen LogP contribution is -2.60. The quantitative estimate of drug-likeness (QED) is 0.421. The van der Waals surface area contributed by atoms with Gasteiger partial charge in [0.1, 0.15) is 5.75 Å². The molecule has 0 fully saturated rings. The van der Waals surface area contributed by atoms with E-state index in [-0.39, 0.29) is 0 Å². The van der Waals surface area contributed by atoms with Crippen LogP contribution in [0.5, 0.6) is 5.75 Å². The van der Waals surface area contributed by atoms with Crippen molar-refractivity contribution in [2.45, 2.75) is 47.1 Å². The first kappa shape index (κ1) is 25.7. The van der Waals surface area contributed by atoms with Crippen molar-refractivity contribution in [2.75, 3.05) is 13.7 Å². The summed E-state index contributed by atoms with van der Waals surface area (Å²) in [7, 11) is -0.159. The zero-order chi connectivity index (χ0) is 22.2. The molecule has 0 amide bonds. The Morgan fingerprint density at radius 1 is 0.700 bits per heavy atom. The SMILES string of the molecule is CC.CCC[Si](OC)(c1ccccc1)c1ccccc1.CCOc1ccc(C)cc1. The van der Waals surface area contributed by atoms with Crippen LogP contribution in [-0.4, -0.2) is 22.0 Å². The van der Waals surface area contributed by atoms with E-state index in [9.17, 15) is 0 Å². The highest BCUT2D eigenvalue weighted by Gasteiger charge is 2.37. The van der Waals surface area contributed by atoms with E-state index in [1.165, 1.54) is 15.9 Å². The van der Waals surface area contributed by atoms with Gasteiger partial charge in [-0.25, -0.2) is 0 Å². The molecule has 162 valence electrons. The van der Waals surface area contributed by atoms with Crippen LogP contribution in [0.2, 0.25) is 6.04 Å². The largest absolute Gasteiger partial charge is 0.494 e. The van der Waals surface area contributed by atoms with Crippen LogP contribution in [0, 0.1) is 6.92 Å². The van der Waals surface area contributed by atoms with Gasteiger partial charge >= 0.3 is 0 Å². The maximum Gasteiger partial charge on any atom is 0.255 e.